The summed E-state index contributed by atoms with van der Waals surface area (Å²) < 4.78 is 0. The average Bonchev–Trinajstić information content (AvgIpc) is 2.65. The molecule has 1 saturated heterocycles. The third-order valence-corrected chi connectivity index (χ3v) is 3.76. The topological polar surface area (TPSA) is 41.1 Å². The van der Waals surface area contributed by atoms with Crippen molar-refractivity contribution in [1.82, 2.24) is 10.6 Å². The first kappa shape index (κ1) is 16.1. The zero-order valence-electron chi connectivity index (χ0n) is 10.3. The van der Waals surface area contributed by atoms with E-state index in [1.165, 1.54) is 0 Å². The lowest BCUT2D eigenvalue weighted by Gasteiger charge is -2.20. The van der Waals surface area contributed by atoms with Crippen LogP contribution < -0.4 is 10.6 Å². The Morgan fingerprint density at radius 2 is 2.31 bits per heavy atom. The molecule has 1 rings (SSSR count). The van der Waals surface area contributed by atoms with Crippen molar-refractivity contribution >= 4 is 30.1 Å². The van der Waals surface area contributed by atoms with Crippen molar-refractivity contribution in [1.29, 1.82) is 0 Å². The number of rotatable bonds is 5. The van der Waals surface area contributed by atoms with Gasteiger partial charge in [0.05, 0.1) is 5.92 Å². The summed E-state index contributed by atoms with van der Waals surface area (Å²) in [7, 11) is 0. The average molecular weight is 267 g/mol. The summed E-state index contributed by atoms with van der Waals surface area (Å²) >= 11 is 1.77. The summed E-state index contributed by atoms with van der Waals surface area (Å²) in [6.07, 6.45) is 4.08. The van der Waals surface area contributed by atoms with Crippen LogP contribution in [0.4, 0.5) is 0 Å². The molecule has 0 radical (unpaired) electrons. The smallest absolute Gasteiger partial charge is 0.224 e. The van der Waals surface area contributed by atoms with E-state index in [1.54, 1.807) is 11.8 Å². The minimum absolute atomic E-state index is 0. The lowest BCUT2D eigenvalue weighted by Crippen LogP contribution is -2.42. The molecule has 5 heteroatoms. The van der Waals surface area contributed by atoms with Crippen LogP contribution in [0.1, 0.15) is 26.7 Å². The number of hydrogen-bond acceptors (Lipinski definition) is 3. The van der Waals surface area contributed by atoms with Gasteiger partial charge in [0.2, 0.25) is 5.91 Å². The van der Waals surface area contributed by atoms with Crippen LogP contribution in [0.3, 0.4) is 0 Å². The number of thioether (sulfide) groups is 1. The Kier molecular flexibility index (Phi) is 8.24. The SMILES string of the molecule is CCC1NCCC1C(=O)NC(C)CSC.Cl. The van der Waals surface area contributed by atoms with Gasteiger partial charge >= 0.3 is 0 Å². The van der Waals surface area contributed by atoms with E-state index >= 15 is 0 Å². The van der Waals surface area contributed by atoms with Crippen LogP contribution in [0.25, 0.3) is 0 Å². The van der Waals surface area contributed by atoms with Gasteiger partial charge in [-0.3, -0.25) is 4.79 Å². The van der Waals surface area contributed by atoms with E-state index in [0.717, 1.165) is 25.1 Å². The largest absolute Gasteiger partial charge is 0.353 e. The van der Waals surface area contributed by atoms with Crippen LogP contribution in [0.15, 0.2) is 0 Å². The lowest BCUT2D eigenvalue weighted by molar-refractivity contribution is -0.125. The van der Waals surface area contributed by atoms with Gasteiger partial charge in [0, 0.05) is 17.8 Å². The summed E-state index contributed by atoms with van der Waals surface area (Å²) in [6, 6.07) is 0.664. The van der Waals surface area contributed by atoms with Crippen LogP contribution in [0, 0.1) is 5.92 Å². The van der Waals surface area contributed by atoms with Gasteiger partial charge in [0.25, 0.3) is 0 Å². The molecule has 16 heavy (non-hydrogen) atoms. The summed E-state index contributed by atoms with van der Waals surface area (Å²) in [5.74, 6) is 1.40. The summed E-state index contributed by atoms with van der Waals surface area (Å²) in [6.45, 7) is 5.18. The minimum Gasteiger partial charge on any atom is -0.353 e. The highest BCUT2D eigenvalue weighted by molar-refractivity contribution is 7.98. The number of carbonyl (C=O) groups excluding carboxylic acids is 1. The number of carbonyl (C=O) groups is 1. The molecule has 3 atom stereocenters. The second kappa shape index (κ2) is 8.20. The van der Waals surface area contributed by atoms with Crippen molar-refractivity contribution in [3.05, 3.63) is 0 Å². The van der Waals surface area contributed by atoms with E-state index in [2.05, 4.69) is 30.7 Å². The highest BCUT2D eigenvalue weighted by Gasteiger charge is 2.31. The molecule has 0 aliphatic carbocycles. The lowest BCUT2D eigenvalue weighted by atomic mass is 9.97. The van der Waals surface area contributed by atoms with Crippen molar-refractivity contribution in [2.75, 3.05) is 18.6 Å². The van der Waals surface area contributed by atoms with Gasteiger partial charge in [0.1, 0.15) is 0 Å². The molecule has 1 aliphatic heterocycles. The maximum absolute atomic E-state index is 11.9. The van der Waals surface area contributed by atoms with Gasteiger partial charge in [-0.05, 0) is 32.6 Å². The molecule has 1 aliphatic rings. The van der Waals surface area contributed by atoms with E-state index in [-0.39, 0.29) is 30.3 Å². The van der Waals surface area contributed by atoms with E-state index < -0.39 is 0 Å². The first-order valence-electron chi connectivity index (χ1n) is 5.71. The van der Waals surface area contributed by atoms with Crippen molar-refractivity contribution in [2.24, 2.45) is 5.92 Å². The molecule has 3 unspecified atom stereocenters. The fraction of sp³-hybridized carbons (Fsp3) is 0.909. The van der Waals surface area contributed by atoms with Crippen molar-refractivity contribution in [3.63, 3.8) is 0 Å². The molecule has 0 aromatic heterocycles. The molecule has 2 N–H and O–H groups in total. The number of nitrogens with one attached hydrogen (secondary N) is 2. The Morgan fingerprint density at radius 1 is 1.62 bits per heavy atom. The van der Waals surface area contributed by atoms with E-state index in [4.69, 9.17) is 0 Å². The quantitative estimate of drug-likeness (QED) is 0.795. The van der Waals surface area contributed by atoms with Crippen LogP contribution >= 0.6 is 24.2 Å². The van der Waals surface area contributed by atoms with Crippen molar-refractivity contribution in [2.45, 2.75) is 38.8 Å². The predicted molar refractivity (Wildman–Crippen MR) is 73.4 cm³/mol. The Hall–Kier alpha value is 0.0700. The number of amides is 1. The number of hydrogen-bond donors (Lipinski definition) is 2. The fourth-order valence-corrected chi connectivity index (χ4v) is 2.74. The van der Waals surface area contributed by atoms with Gasteiger partial charge in [-0.15, -0.1) is 12.4 Å². The molecule has 0 aromatic rings. The molecule has 0 aromatic carbocycles. The van der Waals surface area contributed by atoms with Gasteiger partial charge in [-0.1, -0.05) is 6.92 Å². The standard InChI is InChI=1S/C11H22N2OS.ClH/c1-4-10-9(5-6-12-10)11(14)13-8(2)7-15-3;/h8-10,12H,4-7H2,1-3H3,(H,13,14);1H. The van der Waals surface area contributed by atoms with Gasteiger partial charge in [0.15, 0.2) is 0 Å². The van der Waals surface area contributed by atoms with Crippen LogP contribution in [-0.4, -0.2) is 36.5 Å². The maximum Gasteiger partial charge on any atom is 0.224 e. The second-order valence-corrected chi connectivity index (χ2v) is 5.14. The summed E-state index contributed by atoms with van der Waals surface area (Å²) in [5, 5.41) is 6.46. The molecular formula is C11H23ClN2OS. The van der Waals surface area contributed by atoms with E-state index in [1.807, 2.05) is 0 Å². The predicted octanol–water partition coefficient (Wildman–Crippen LogP) is 1.66. The van der Waals surface area contributed by atoms with Crippen LogP contribution in [-0.2, 0) is 4.79 Å². The Labute approximate surface area is 109 Å². The monoisotopic (exact) mass is 266 g/mol. The minimum atomic E-state index is 0. The zero-order valence-corrected chi connectivity index (χ0v) is 11.9. The van der Waals surface area contributed by atoms with Crippen LogP contribution in [0.5, 0.6) is 0 Å². The fourth-order valence-electron chi connectivity index (χ4n) is 2.15. The highest BCUT2D eigenvalue weighted by atomic mass is 35.5. The Bertz CT molecular complexity index is 216. The molecule has 1 amide bonds. The molecule has 96 valence electrons. The van der Waals surface area contributed by atoms with Crippen LogP contribution in [0.2, 0.25) is 0 Å². The zero-order chi connectivity index (χ0) is 11.3. The highest BCUT2D eigenvalue weighted by Crippen LogP contribution is 2.18. The normalized spacial score (nSPS) is 25.9. The Balaban J connectivity index is 0.00000225. The van der Waals surface area contributed by atoms with Gasteiger partial charge < -0.3 is 10.6 Å². The first-order chi connectivity index (χ1) is 7.19. The van der Waals surface area contributed by atoms with Crippen molar-refractivity contribution < 1.29 is 4.79 Å². The van der Waals surface area contributed by atoms with Gasteiger partial charge in [-0.25, -0.2) is 0 Å². The molecule has 0 spiro atoms. The number of halogens is 1. The molecule has 1 heterocycles. The summed E-state index contributed by atoms with van der Waals surface area (Å²) in [4.78, 5) is 11.9. The van der Waals surface area contributed by atoms with Crippen molar-refractivity contribution in [3.8, 4) is 0 Å². The first-order valence-corrected chi connectivity index (χ1v) is 7.11. The summed E-state index contributed by atoms with van der Waals surface area (Å²) in [5.41, 5.74) is 0. The Morgan fingerprint density at radius 3 is 2.88 bits per heavy atom. The molecule has 0 saturated carbocycles. The van der Waals surface area contributed by atoms with E-state index in [0.29, 0.717) is 6.04 Å². The van der Waals surface area contributed by atoms with E-state index in [9.17, 15) is 4.79 Å². The maximum atomic E-state index is 11.9. The molecule has 3 nitrogen and oxygen atoms in total. The molecule has 1 fully saturated rings. The third-order valence-electron chi connectivity index (χ3n) is 2.93. The molecule has 0 bridgehead atoms. The molecular weight excluding hydrogens is 244 g/mol. The third kappa shape index (κ3) is 4.52. The second-order valence-electron chi connectivity index (χ2n) is 4.23. The van der Waals surface area contributed by atoms with Gasteiger partial charge in [-0.2, -0.15) is 11.8 Å².